The summed E-state index contributed by atoms with van der Waals surface area (Å²) in [5, 5.41) is 2.55. The maximum absolute atomic E-state index is 11.5. The molecule has 15 heavy (non-hydrogen) atoms. The molecule has 0 spiro atoms. The van der Waals surface area contributed by atoms with Gasteiger partial charge in [-0.15, -0.1) is 0 Å². The number of carbonyl (C=O) groups is 2. The zero-order valence-electron chi connectivity index (χ0n) is 8.27. The minimum Gasteiger partial charge on any atom is -0.425 e. The standard InChI is InChI=1S/C9H11N3O3/c1-6-10-4-5-12(6)9(14)15-8-3-2-7(13)11-8/h4-5,8H,2-3H2,1H3,(H,11,13)/t8-/m1/s1. The molecule has 1 saturated heterocycles. The molecule has 1 N–H and O–H groups in total. The van der Waals surface area contributed by atoms with Crippen LogP contribution >= 0.6 is 0 Å². The summed E-state index contributed by atoms with van der Waals surface area (Å²) in [6.07, 6.45) is 2.95. The Balaban J connectivity index is 1.98. The van der Waals surface area contributed by atoms with Gasteiger partial charge in [0.25, 0.3) is 0 Å². The van der Waals surface area contributed by atoms with Crippen LogP contribution in [-0.4, -0.2) is 27.8 Å². The van der Waals surface area contributed by atoms with Gasteiger partial charge in [-0.2, -0.15) is 0 Å². The third kappa shape index (κ3) is 1.98. The van der Waals surface area contributed by atoms with Crippen LogP contribution < -0.4 is 5.32 Å². The molecular formula is C9H11N3O3. The summed E-state index contributed by atoms with van der Waals surface area (Å²) < 4.78 is 6.36. The zero-order chi connectivity index (χ0) is 10.8. The van der Waals surface area contributed by atoms with Crippen LogP contribution in [0.5, 0.6) is 0 Å². The second-order valence-corrected chi connectivity index (χ2v) is 3.32. The molecule has 1 amide bonds. The van der Waals surface area contributed by atoms with E-state index in [1.807, 2.05) is 0 Å². The van der Waals surface area contributed by atoms with Crippen molar-refractivity contribution in [1.82, 2.24) is 14.9 Å². The Kier molecular flexibility index (Phi) is 2.40. The molecule has 80 valence electrons. The number of amides is 1. The summed E-state index contributed by atoms with van der Waals surface area (Å²) in [6, 6.07) is 0. The van der Waals surface area contributed by atoms with Crippen molar-refractivity contribution in [2.45, 2.75) is 26.0 Å². The van der Waals surface area contributed by atoms with E-state index in [2.05, 4.69) is 10.3 Å². The number of nitrogens with zero attached hydrogens (tertiary/aromatic N) is 2. The van der Waals surface area contributed by atoms with Gasteiger partial charge in [-0.3, -0.25) is 4.79 Å². The van der Waals surface area contributed by atoms with E-state index in [1.165, 1.54) is 17.0 Å². The summed E-state index contributed by atoms with van der Waals surface area (Å²) in [5.74, 6) is 0.472. The molecular weight excluding hydrogens is 198 g/mol. The first-order chi connectivity index (χ1) is 7.16. The van der Waals surface area contributed by atoms with E-state index in [-0.39, 0.29) is 5.91 Å². The summed E-state index contributed by atoms with van der Waals surface area (Å²) >= 11 is 0. The second kappa shape index (κ2) is 3.72. The van der Waals surface area contributed by atoms with Gasteiger partial charge in [0.05, 0.1) is 0 Å². The van der Waals surface area contributed by atoms with E-state index < -0.39 is 12.3 Å². The Morgan fingerprint density at radius 1 is 1.73 bits per heavy atom. The first-order valence-electron chi connectivity index (χ1n) is 4.67. The normalized spacial score (nSPS) is 20.1. The molecule has 0 radical (unpaired) electrons. The fourth-order valence-electron chi connectivity index (χ4n) is 1.42. The molecule has 0 aliphatic carbocycles. The van der Waals surface area contributed by atoms with Gasteiger partial charge in [0, 0.05) is 25.2 Å². The topological polar surface area (TPSA) is 73.2 Å². The molecule has 2 heterocycles. The van der Waals surface area contributed by atoms with Crippen molar-refractivity contribution in [1.29, 1.82) is 0 Å². The fraction of sp³-hybridized carbons (Fsp3) is 0.444. The lowest BCUT2D eigenvalue weighted by atomic mass is 10.3. The molecule has 1 aromatic rings. The van der Waals surface area contributed by atoms with Crippen LogP contribution in [0.3, 0.4) is 0 Å². The van der Waals surface area contributed by atoms with Crippen LogP contribution in [0.2, 0.25) is 0 Å². The smallest absolute Gasteiger partial charge is 0.421 e. The van der Waals surface area contributed by atoms with Crippen LogP contribution in [0, 0.1) is 6.92 Å². The number of aromatic nitrogens is 2. The predicted octanol–water partition coefficient (Wildman–Crippen LogP) is 0.412. The van der Waals surface area contributed by atoms with Gasteiger partial charge in [0.1, 0.15) is 5.82 Å². The van der Waals surface area contributed by atoms with E-state index in [0.29, 0.717) is 18.7 Å². The number of hydrogen-bond donors (Lipinski definition) is 1. The Bertz CT molecular complexity index is 399. The number of imidazole rings is 1. The summed E-state index contributed by atoms with van der Waals surface area (Å²) in [4.78, 5) is 26.3. The van der Waals surface area contributed by atoms with Crippen molar-refractivity contribution in [2.24, 2.45) is 0 Å². The lowest BCUT2D eigenvalue weighted by Gasteiger charge is -2.11. The predicted molar refractivity (Wildman–Crippen MR) is 50.0 cm³/mol. The first kappa shape index (κ1) is 9.70. The van der Waals surface area contributed by atoms with Crippen molar-refractivity contribution in [3.8, 4) is 0 Å². The highest BCUT2D eigenvalue weighted by molar-refractivity contribution is 5.79. The molecule has 6 heteroatoms. The summed E-state index contributed by atoms with van der Waals surface area (Å²) in [5.41, 5.74) is 0. The van der Waals surface area contributed by atoms with Crippen molar-refractivity contribution in [3.05, 3.63) is 18.2 Å². The van der Waals surface area contributed by atoms with Gasteiger partial charge in [-0.05, 0) is 6.92 Å². The number of hydrogen-bond acceptors (Lipinski definition) is 4. The van der Waals surface area contributed by atoms with E-state index in [0.717, 1.165) is 0 Å². The molecule has 0 saturated carbocycles. The molecule has 1 aromatic heterocycles. The van der Waals surface area contributed by atoms with Crippen LogP contribution in [0.25, 0.3) is 0 Å². The van der Waals surface area contributed by atoms with E-state index in [9.17, 15) is 9.59 Å². The number of nitrogens with one attached hydrogen (secondary N) is 1. The fourth-order valence-corrected chi connectivity index (χ4v) is 1.42. The molecule has 1 atom stereocenters. The molecule has 0 bridgehead atoms. The van der Waals surface area contributed by atoms with Gasteiger partial charge < -0.3 is 10.1 Å². The number of ether oxygens (including phenoxy) is 1. The Hall–Kier alpha value is -1.85. The van der Waals surface area contributed by atoms with Crippen LogP contribution in [0.15, 0.2) is 12.4 Å². The molecule has 6 nitrogen and oxygen atoms in total. The largest absolute Gasteiger partial charge is 0.425 e. The lowest BCUT2D eigenvalue weighted by molar-refractivity contribution is -0.120. The molecule has 0 aromatic carbocycles. The quantitative estimate of drug-likeness (QED) is 0.727. The SMILES string of the molecule is Cc1nccn1C(=O)O[C@@H]1CCC(=O)N1. The van der Waals surface area contributed by atoms with Gasteiger partial charge in [0.15, 0.2) is 6.23 Å². The highest BCUT2D eigenvalue weighted by atomic mass is 16.6. The average Bonchev–Trinajstić information content (AvgIpc) is 2.75. The summed E-state index contributed by atoms with van der Waals surface area (Å²) in [7, 11) is 0. The van der Waals surface area contributed by atoms with Crippen molar-refractivity contribution in [3.63, 3.8) is 0 Å². The minimum atomic E-state index is -0.516. The third-order valence-corrected chi connectivity index (χ3v) is 2.22. The zero-order valence-corrected chi connectivity index (χ0v) is 8.27. The van der Waals surface area contributed by atoms with Crippen molar-refractivity contribution in [2.75, 3.05) is 0 Å². The van der Waals surface area contributed by atoms with E-state index in [1.54, 1.807) is 6.92 Å². The Morgan fingerprint density at radius 2 is 2.53 bits per heavy atom. The lowest BCUT2D eigenvalue weighted by Crippen LogP contribution is -2.32. The van der Waals surface area contributed by atoms with Gasteiger partial charge >= 0.3 is 6.09 Å². The first-order valence-corrected chi connectivity index (χ1v) is 4.67. The number of aryl methyl sites for hydroxylation is 1. The highest BCUT2D eigenvalue weighted by Crippen LogP contribution is 2.09. The van der Waals surface area contributed by atoms with Crippen LogP contribution in [-0.2, 0) is 9.53 Å². The Labute approximate surface area is 86.2 Å². The number of rotatable bonds is 1. The average molecular weight is 209 g/mol. The van der Waals surface area contributed by atoms with Crippen LogP contribution in [0.4, 0.5) is 4.79 Å². The monoisotopic (exact) mass is 209 g/mol. The van der Waals surface area contributed by atoms with Gasteiger partial charge in [-0.25, -0.2) is 14.3 Å². The van der Waals surface area contributed by atoms with Gasteiger partial charge in [0.2, 0.25) is 5.91 Å². The molecule has 1 fully saturated rings. The maximum atomic E-state index is 11.5. The maximum Gasteiger partial charge on any atom is 0.421 e. The van der Waals surface area contributed by atoms with Crippen LogP contribution in [0.1, 0.15) is 18.7 Å². The van der Waals surface area contributed by atoms with E-state index in [4.69, 9.17) is 4.74 Å². The molecule has 1 aliphatic rings. The molecule has 2 rings (SSSR count). The third-order valence-electron chi connectivity index (χ3n) is 2.22. The minimum absolute atomic E-state index is 0.0878. The number of carbonyl (C=O) groups excluding carboxylic acids is 2. The van der Waals surface area contributed by atoms with Crippen molar-refractivity contribution < 1.29 is 14.3 Å². The van der Waals surface area contributed by atoms with E-state index >= 15 is 0 Å². The Morgan fingerprint density at radius 3 is 3.07 bits per heavy atom. The van der Waals surface area contributed by atoms with Gasteiger partial charge in [-0.1, -0.05) is 0 Å². The van der Waals surface area contributed by atoms with Crippen molar-refractivity contribution >= 4 is 12.0 Å². The molecule has 1 aliphatic heterocycles. The second-order valence-electron chi connectivity index (χ2n) is 3.32. The molecule has 0 unspecified atom stereocenters. The summed E-state index contributed by atoms with van der Waals surface area (Å²) in [6.45, 7) is 1.70. The highest BCUT2D eigenvalue weighted by Gasteiger charge is 2.24.